The average Bonchev–Trinajstić information content (AvgIpc) is 3.19. The highest BCUT2D eigenvalue weighted by Crippen LogP contribution is 2.35. The smallest absolute Gasteiger partial charge is 0.267 e. The number of carbonyl (C=O) groups excluding carboxylic acids is 1. The van der Waals surface area contributed by atoms with E-state index in [0.29, 0.717) is 21.7 Å². The van der Waals surface area contributed by atoms with Crippen LogP contribution in [-0.4, -0.2) is 32.7 Å². The van der Waals surface area contributed by atoms with Crippen molar-refractivity contribution in [3.05, 3.63) is 45.0 Å². The predicted octanol–water partition coefficient (Wildman–Crippen LogP) is 3.70. The van der Waals surface area contributed by atoms with Gasteiger partial charge in [0.15, 0.2) is 5.17 Å². The minimum absolute atomic E-state index is 0.0571. The lowest BCUT2D eigenvalue weighted by Gasteiger charge is -2.11. The first-order chi connectivity index (χ1) is 10.7. The zero-order valence-corrected chi connectivity index (χ0v) is 14.2. The molecule has 1 aliphatic heterocycles. The van der Waals surface area contributed by atoms with E-state index in [1.54, 1.807) is 22.3 Å². The molecule has 0 N–H and O–H groups in total. The van der Waals surface area contributed by atoms with Crippen molar-refractivity contribution in [1.29, 1.82) is 0 Å². The van der Waals surface area contributed by atoms with Gasteiger partial charge in [0.1, 0.15) is 5.01 Å². The summed E-state index contributed by atoms with van der Waals surface area (Å²) in [6.07, 6.45) is 3.58. The van der Waals surface area contributed by atoms with Gasteiger partial charge >= 0.3 is 0 Å². The lowest BCUT2D eigenvalue weighted by atomic mass is 10.3. The van der Waals surface area contributed by atoms with Crippen LogP contribution in [0.1, 0.15) is 9.88 Å². The highest BCUT2D eigenvalue weighted by molar-refractivity contribution is 8.18. The molecule has 112 valence electrons. The van der Waals surface area contributed by atoms with Gasteiger partial charge in [-0.25, -0.2) is 0 Å². The predicted molar refractivity (Wildman–Crippen MR) is 93.5 cm³/mol. The van der Waals surface area contributed by atoms with Gasteiger partial charge in [0.25, 0.3) is 5.91 Å². The van der Waals surface area contributed by atoms with Gasteiger partial charge < -0.3 is 0 Å². The highest BCUT2D eigenvalue weighted by atomic mass is 32.2. The molecular formula is C14H12N4OS3. The molecule has 3 rings (SSSR count). The number of nitrogens with zero attached hydrogens (tertiary/aromatic N) is 4. The fourth-order valence-corrected chi connectivity index (χ4v) is 4.13. The van der Waals surface area contributed by atoms with Crippen LogP contribution in [0.3, 0.4) is 0 Å². The summed E-state index contributed by atoms with van der Waals surface area (Å²) < 4.78 is 0. The quantitative estimate of drug-likeness (QED) is 0.624. The Morgan fingerprint density at radius 3 is 2.95 bits per heavy atom. The molecule has 0 aromatic carbocycles. The van der Waals surface area contributed by atoms with Crippen LogP contribution in [0.15, 0.2) is 40.1 Å². The Bertz CT molecular complexity index is 761. The fraction of sp³-hybridized carbons (Fsp3) is 0.143. The van der Waals surface area contributed by atoms with E-state index < -0.39 is 0 Å². The van der Waals surface area contributed by atoms with E-state index in [4.69, 9.17) is 0 Å². The lowest BCUT2D eigenvalue weighted by Crippen LogP contribution is -2.29. The number of carbonyl (C=O) groups is 1. The molecule has 1 fully saturated rings. The Kier molecular flexibility index (Phi) is 4.51. The topological polar surface area (TPSA) is 58.5 Å². The van der Waals surface area contributed by atoms with Crippen molar-refractivity contribution in [2.75, 3.05) is 6.54 Å². The second-order valence-electron chi connectivity index (χ2n) is 4.33. The second-order valence-corrected chi connectivity index (χ2v) is 7.48. The molecule has 0 atom stereocenters. The standard InChI is InChI=1S/C14H12N4OS3/c1-3-6-18-12(19)11(8-10-5-4-7-20-10)22-14(18)15-13-17-16-9(2)21-13/h3-5,7-8H,1,6H2,2H3/b11-8+,15-14+. The summed E-state index contributed by atoms with van der Waals surface area (Å²) in [6, 6.07) is 3.94. The van der Waals surface area contributed by atoms with E-state index in [9.17, 15) is 4.79 Å². The maximum Gasteiger partial charge on any atom is 0.267 e. The molecule has 0 saturated carbocycles. The SMILES string of the molecule is C=CCN1C(=O)/C(=C\c2cccs2)S/C1=N/c1nnc(C)s1. The van der Waals surface area contributed by atoms with Gasteiger partial charge in [-0.3, -0.25) is 9.69 Å². The van der Waals surface area contributed by atoms with Crippen molar-refractivity contribution in [1.82, 2.24) is 15.1 Å². The van der Waals surface area contributed by atoms with Crippen LogP contribution in [0.25, 0.3) is 6.08 Å². The number of amides is 1. The highest BCUT2D eigenvalue weighted by Gasteiger charge is 2.32. The van der Waals surface area contributed by atoms with Crippen molar-refractivity contribution in [2.24, 2.45) is 4.99 Å². The molecule has 22 heavy (non-hydrogen) atoms. The van der Waals surface area contributed by atoms with Crippen molar-refractivity contribution in [3.8, 4) is 0 Å². The second kappa shape index (κ2) is 6.55. The molecule has 2 aromatic rings. The van der Waals surface area contributed by atoms with Crippen LogP contribution < -0.4 is 0 Å². The molecule has 2 aromatic heterocycles. The van der Waals surface area contributed by atoms with Crippen molar-refractivity contribution >= 4 is 56.7 Å². The fourth-order valence-electron chi connectivity index (χ4n) is 1.80. The van der Waals surface area contributed by atoms with Crippen LogP contribution in [0.5, 0.6) is 0 Å². The Labute approximate surface area is 140 Å². The van der Waals surface area contributed by atoms with E-state index in [2.05, 4.69) is 21.8 Å². The summed E-state index contributed by atoms with van der Waals surface area (Å²) in [6.45, 7) is 6.00. The maximum absolute atomic E-state index is 12.5. The van der Waals surface area contributed by atoms with Gasteiger partial charge in [0.2, 0.25) is 5.13 Å². The largest absolute Gasteiger partial charge is 0.282 e. The summed E-state index contributed by atoms with van der Waals surface area (Å²) in [4.78, 5) is 20.3. The lowest BCUT2D eigenvalue weighted by molar-refractivity contribution is -0.121. The first-order valence-corrected chi connectivity index (χ1v) is 8.93. The summed E-state index contributed by atoms with van der Waals surface area (Å²) >= 11 is 4.35. The number of thioether (sulfide) groups is 1. The van der Waals surface area contributed by atoms with Gasteiger partial charge in [0.05, 0.1) is 4.91 Å². The number of thiophene rings is 1. The zero-order chi connectivity index (χ0) is 15.5. The van der Waals surface area contributed by atoms with E-state index in [1.807, 2.05) is 30.5 Å². The number of aliphatic imine (C=N–C) groups is 1. The molecule has 1 aliphatic rings. The van der Waals surface area contributed by atoms with E-state index in [0.717, 1.165) is 9.88 Å². The summed E-state index contributed by atoms with van der Waals surface area (Å²) in [5.41, 5.74) is 0. The van der Waals surface area contributed by atoms with Crippen molar-refractivity contribution < 1.29 is 4.79 Å². The third-order valence-corrected chi connectivity index (χ3v) is 5.28. The number of hydrogen-bond acceptors (Lipinski definition) is 7. The Hall–Kier alpha value is -1.77. The third-order valence-electron chi connectivity index (χ3n) is 2.72. The number of amidine groups is 1. The molecule has 0 unspecified atom stereocenters. The first-order valence-electron chi connectivity index (χ1n) is 6.42. The van der Waals surface area contributed by atoms with E-state index in [-0.39, 0.29) is 5.91 Å². The van der Waals surface area contributed by atoms with E-state index in [1.165, 1.54) is 23.1 Å². The van der Waals surface area contributed by atoms with Crippen LogP contribution in [0.2, 0.25) is 0 Å². The Morgan fingerprint density at radius 2 is 2.32 bits per heavy atom. The monoisotopic (exact) mass is 348 g/mol. The summed E-state index contributed by atoms with van der Waals surface area (Å²) in [5.74, 6) is -0.0571. The normalized spacial score (nSPS) is 18.6. The number of aromatic nitrogens is 2. The van der Waals surface area contributed by atoms with Crippen molar-refractivity contribution in [3.63, 3.8) is 0 Å². The first kappa shape index (κ1) is 15.1. The van der Waals surface area contributed by atoms with Gasteiger partial charge in [0, 0.05) is 11.4 Å². The number of aryl methyl sites for hydroxylation is 1. The summed E-state index contributed by atoms with van der Waals surface area (Å²) in [7, 11) is 0. The van der Waals surface area contributed by atoms with Crippen LogP contribution in [0, 0.1) is 6.92 Å². The molecule has 8 heteroatoms. The number of rotatable bonds is 4. The molecule has 0 aliphatic carbocycles. The zero-order valence-electron chi connectivity index (χ0n) is 11.7. The van der Waals surface area contributed by atoms with Crippen LogP contribution >= 0.6 is 34.4 Å². The molecule has 0 bridgehead atoms. The molecule has 3 heterocycles. The molecule has 5 nitrogen and oxygen atoms in total. The molecule has 1 amide bonds. The van der Waals surface area contributed by atoms with Crippen LogP contribution in [0.4, 0.5) is 5.13 Å². The van der Waals surface area contributed by atoms with Crippen molar-refractivity contribution in [2.45, 2.75) is 6.92 Å². The van der Waals surface area contributed by atoms with Gasteiger partial charge in [-0.1, -0.05) is 23.5 Å². The molecule has 1 saturated heterocycles. The Morgan fingerprint density at radius 1 is 1.45 bits per heavy atom. The van der Waals surface area contributed by atoms with Crippen LogP contribution in [-0.2, 0) is 4.79 Å². The third kappa shape index (κ3) is 3.18. The van der Waals surface area contributed by atoms with Gasteiger partial charge in [-0.05, 0) is 36.2 Å². The molecular weight excluding hydrogens is 336 g/mol. The van der Waals surface area contributed by atoms with E-state index >= 15 is 0 Å². The van der Waals surface area contributed by atoms with Gasteiger partial charge in [-0.2, -0.15) is 4.99 Å². The summed E-state index contributed by atoms with van der Waals surface area (Å²) in [5, 5.41) is 11.9. The minimum Gasteiger partial charge on any atom is -0.282 e. The maximum atomic E-state index is 12.5. The average molecular weight is 348 g/mol. The van der Waals surface area contributed by atoms with Gasteiger partial charge in [-0.15, -0.1) is 28.1 Å². The number of hydrogen-bond donors (Lipinski definition) is 0. The Balaban J connectivity index is 1.93. The minimum atomic E-state index is -0.0571. The molecule has 0 radical (unpaired) electrons. The molecule has 0 spiro atoms.